The van der Waals surface area contributed by atoms with Crippen LogP contribution in [0.4, 0.5) is 0 Å². The number of halogens is 2. The Morgan fingerprint density at radius 2 is 1.33 bits per heavy atom. The van der Waals surface area contributed by atoms with Gasteiger partial charge in [-0.2, -0.15) is 0 Å². The second-order valence-corrected chi connectivity index (χ2v) is 6.43. The molecule has 0 radical (unpaired) electrons. The fourth-order valence-electron chi connectivity index (χ4n) is 1.63. The largest absolute Gasteiger partial charge is 0.0682 e. The van der Waals surface area contributed by atoms with Gasteiger partial charge in [0.05, 0.1) is 3.39 Å². The van der Waals surface area contributed by atoms with E-state index in [2.05, 4.69) is 68.3 Å². The number of hydrogen-bond donors (Lipinski definition) is 0. The van der Waals surface area contributed by atoms with Crippen molar-refractivity contribution < 1.29 is 0 Å². The molecular formula is C16H12Br2. The lowest BCUT2D eigenvalue weighted by atomic mass is 10.1. The Bertz CT molecular complexity index is 550. The smallest absolute Gasteiger partial charge is 0.0622 e. The minimum absolute atomic E-state index is 0.952. The van der Waals surface area contributed by atoms with E-state index in [0.717, 1.165) is 8.96 Å². The molecule has 0 unspecified atom stereocenters. The zero-order valence-electron chi connectivity index (χ0n) is 9.68. The highest BCUT2D eigenvalue weighted by Crippen LogP contribution is 2.29. The lowest BCUT2D eigenvalue weighted by Crippen LogP contribution is -1.80. The van der Waals surface area contributed by atoms with Crippen molar-refractivity contribution >= 4 is 43.5 Å². The van der Waals surface area contributed by atoms with Crippen LogP contribution in [0.5, 0.6) is 0 Å². The van der Waals surface area contributed by atoms with Crippen LogP contribution in [0, 0.1) is 0 Å². The van der Waals surface area contributed by atoms with E-state index >= 15 is 0 Å². The molecule has 2 heteroatoms. The van der Waals surface area contributed by atoms with E-state index in [1.54, 1.807) is 0 Å². The number of allylic oxidation sites excluding steroid dienone is 2. The standard InChI is InChI=1S/C16H12Br2/c17-16(18)15(14-9-5-2-6-10-14)12-11-13-7-3-1-4-8-13/h1-12H/b12-11+. The second kappa shape index (κ2) is 6.72. The van der Waals surface area contributed by atoms with Gasteiger partial charge < -0.3 is 0 Å². The van der Waals surface area contributed by atoms with Crippen LogP contribution in [0.2, 0.25) is 0 Å². The monoisotopic (exact) mass is 362 g/mol. The van der Waals surface area contributed by atoms with Gasteiger partial charge in [-0.15, -0.1) is 0 Å². The van der Waals surface area contributed by atoms with Gasteiger partial charge >= 0.3 is 0 Å². The molecule has 0 aliphatic heterocycles. The number of benzene rings is 2. The Morgan fingerprint density at radius 3 is 1.89 bits per heavy atom. The van der Waals surface area contributed by atoms with Crippen LogP contribution in [0.3, 0.4) is 0 Å². The lowest BCUT2D eigenvalue weighted by Gasteiger charge is -2.03. The fourth-order valence-corrected chi connectivity index (χ4v) is 2.35. The average molecular weight is 364 g/mol. The summed E-state index contributed by atoms with van der Waals surface area (Å²) in [7, 11) is 0. The third-order valence-electron chi connectivity index (χ3n) is 2.53. The fraction of sp³-hybridized carbons (Fsp3) is 0. The molecule has 18 heavy (non-hydrogen) atoms. The van der Waals surface area contributed by atoms with Gasteiger partial charge in [0.25, 0.3) is 0 Å². The van der Waals surface area contributed by atoms with E-state index in [4.69, 9.17) is 0 Å². The van der Waals surface area contributed by atoms with Gasteiger partial charge in [-0.3, -0.25) is 0 Å². The van der Waals surface area contributed by atoms with Crippen LogP contribution in [0.25, 0.3) is 11.6 Å². The summed E-state index contributed by atoms with van der Waals surface area (Å²) in [6.07, 6.45) is 4.20. The lowest BCUT2D eigenvalue weighted by molar-refractivity contribution is 1.62. The number of rotatable bonds is 3. The predicted octanol–water partition coefficient (Wildman–Crippen LogP) is 5.86. The molecule has 0 saturated heterocycles. The first-order valence-corrected chi connectivity index (χ1v) is 7.20. The highest BCUT2D eigenvalue weighted by molar-refractivity contribution is 9.28. The molecule has 2 rings (SSSR count). The van der Waals surface area contributed by atoms with E-state index in [1.165, 1.54) is 11.1 Å². The van der Waals surface area contributed by atoms with E-state index in [1.807, 2.05) is 36.4 Å². The van der Waals surface area contributed by atoms with Gasteiger partial charge in [-0.1, -0.05) is 72.8 Å². The maximum Gasteiger partial charge on any atom is 0.0682 e. The Kier molecular flexibility index (Phi) is 4.97. The van der Waals surface area contributed by atoms with Gasteiger partial charge in [0.1, 0.15) is 0 Å². The molecule has 0 heterocycles. The van der Waals surface area contributed by atoms with E-state index in [9.17, 15) is 0 Å². The minimum atomic E-state index is 0.952. The zero-order valence-corrected chi connectivity index (χ0v) is 12.9. The Hall–Kier alpha value is -1.12. The summed E-state index contributed by atoms with van der Waals surface area (Å²) < 4.78 is 0.952. The number of hydrogen-bond acceptors (Lipinski definition) is 0. The van der Waals surface area contributed by atoms with Crippen molar-refractivity contribution in [2.75, 3.05) is 0 Å². The first-order chi connectivity index (χ1) is 8.77. The molecule has 0 aliphatic carbocycles. The van der Waals surface area contributed by atoms with Crippen LogP contribution >= 0.6 is 31.9 Å². The molecule has 90 valence electrons. The molecule has 0 spiro atoms. The van der Waals surface area contributed by atoms with Crippen molar-refractivity contribution in [2.45, 2.75) is 0 Å². The summed E-state index contributed by atoms with van der Waals surface area (Å²) in [5.74, 6) is 0. The van der Waals surface area contributed by atoms with Gasteiger partial charge in [0, 0.05) is 5.57 Å². The van der Waals surface area contributed by atoms with Gasteiger partial charge in [-0.25, -0.2) is 0 Å². The molecule has 0 aromatic heterocycles. The quantitative estimate of drug-likeness (QED) is 0.599. The van der Waals surface area contributed by atoms with Crippen molar-refractivity contribution in [1.29, 1.82) is 0 Å². The van der Waals surface area contributed by atoms with Crippen LogP contribution in [-0.2, 0) is 0 Å². The molecule has 0 nitrogen and oxygen atoms in total. The Balaban J connectivity index is 2.30. The predicted molar refractivity (Wildman–Crippen MR) is 86.7 cm³/mol. The summed E-state index contributed by atoms with van der Waals surface area (Å²) in [6.45, 7) is 0. The summed E-state index contributed by atoms with van der Waals surface area (Å²) in [5, 5.41) is 0. The molecule has 0 saturated carbocycles. The molecule has 2 aromatic rings. The van der Waals surface area contributed by atoms with Crippen molar-refractivity contribution in [3.8, 4) is 0 Å². The molecule has 0 atom stereocenters. The Morgan fingerprint density at radius 1 is 0.778 bits per heavy atom. The van der Waals surface area contributed by atoms with Crippen molar-refractivity contribution in [1.82, 2.24) is 0 Å². The third kappa shape index (κ3) is 3.69. The van der Waals surface area contributed by atoms with E-state index in [-0.39, 0.29) is 0 Å². The van der Waals surface area contributed by atoms with Gasteiger partial charge in [0.15, 0.2) is 0 Å². The maximum atomic E-state index is 3.50. The third-order valence-corrected chi connectivity index (χ3v) is 3.38. The zero-order chi connectivity index (χ0) is 12.8. The van der Waals surface area contributed by atoms with Crippen LogP contribution < -0.4 is 0 Å². The first-order valence-electron chi connectivity index (χ1n) is 5.61. The van der Waals surface area contributed by atoms with Crippen LogP contribution in [0.1, 0.15) is 11.1 Å². The maximum absolute atomic E-state index is 3.50. The highest BCUT2D eigenvalue weighted by atomic mass is 79.9. The van der Waals surface area contributed by atoms with Gasteiger partial charge in [-0.05, 0) is 43.0 Å². The highest BCUT2D eigenvalue weighted by Gasteiger charge is 2.01. The van der Waals surface area contributed by atoms with E-state index < -0.39 is 0 Å². The SMILES string of the molecule is BrC(Br)=C(/C=C/c1ccccc1)c1ccccc1. The summed E-state index contributed by atoms with van der Waals surface area (Å²) in [5.41, 5.74) is 3.49. The molecule has 0 N–H and O–H groups in total. The van der Waals surface area contributed by atoms with Gasteiger partial charge in [0.2, 0.25) is 0 Å². The average Bonchev–Trinajstić information content (AvgIpc) is 2.41. The molecule has 2 aromatic carbocycles. The van der Waals surface area contributed by atoms with Crippen LogP contribution in [0.15, 0.2) is 70.1 Å². The molecule has 0 aliphatic rings. The summed E-state index contributed by atoms with van der Waals surface area (Å²) >= 11 is 6.99. The van der Waals surface area contributed by atoms with Crippen molar-refractivity contribution in [3.05, 3.63) is 81.3 Å². The molecule has 0 bridgehead atoms. The Labute approximate surface area is 124 Å². The van der Waals surface area contributed by atoms with Crippen LogP contribution in [-0.4, -0.2) is 0 Å². The van der Waals surface area contributed by atoms with E-state index in [0.29, 0.717) is 0 Å². The van der Waals surface area contributed by atoms with Crippen molar-refractivity contribution in [2.24, 2.45) is 0 Å². The topological polar surface area (TPSA) is 0 Å². The summed E-state index contributed by atoms with van der Waals surface area (Å²) in [4.78, 5) is 0. The minimum Gasteiger partial charge on any atom is -0.0622 e. The second-order valence-electron chi connectivity index (χ2n) is 3.78. The first kappa shape index (κ1) is 13.3. The summed E-state index contributed by atoms with van der Waals surface area (Å²) in [6, 6.07) is 20.5. The normalized spacial score (nSPS) is 10.6. The molecule has 0 amide bonds. The molecular weight excluding hydrogens is 352 g/mol. The molecule has 0 fully saturated rings. The van der Waals surface area contributed by atoms with Crippen molar-refractivity contribution in [3.63, 3.8) is 0 Å².